The third-order valence-corrected chi connectivity index (χ3v) is 6.31. The minimum Gasteiger partial charge on any atom is -0.318 e. The van der Waals surface area contributed by atoms with Crippen LogP contribution in [0.2, 0.25) is 0 Å². The first-order chi connectivity index (χ1) is 14.5. The normalized spacial score (nSPS) is 12.1. The first-order valence-corrected chi connectivity index (χ1v) is 10.8. The fourth-order valence-electron chi connectivity index (χ4n) is 3.72. The van der Waals surface area contributed by atoms with Crippen LogP contribution >= 0.6 is 11.8 Å². The van der Waals surface area contributed by atoms with E-state index in [0.29, 0.717) is 5.16 Å². The summed E-state index contributed by atoms with van der Waals surface area (Å²) in [4.78, 5) is 13.3. The lowest BCUT2D eigenvalue weighted by molar-refractivity contribution is 0.0993. The lowest BCUT2D eigenvalue weighted by atomic mass is 10.1. The van der Waals surface area contributed by atoms with Crippen molar-refractivity contribution in [2.24, 2.45) is 0 Å². The summed E-state index contributed by atoms with van der Waals surface area (Å²) < 4.78 is 4.07. The maximum atomic E-state index is 13.3. The summed E-state index contributed by atoms with van der Waals surface area (Å²) in [5.41, 5.74) is 5.96. The van der Waals surface area contributed by atoms with Gasteiger partial charge in [0.25, 0.3) is 0 Å². The van der Waals surface area contributed by atoms with Crippen molar-refractivity contribution in [1.82, 2.24) is 19.3 Å². The Hall–Kier alpha value is -3.12. The Morgan fingerprint density at radius 3 is 2.43 bits per heavy atom. The third kappa shape index (κ3) is 3.71. The van der Waals surface area contributed by atoms with E-state index in [2.05, 4.69) is 39.9 Å². The molecule has 0 saturated carbocycles. The predicted octanol–water partition coefficient (Wildman–Crippen LogP) is 5.35. The second kappa shape index (κ2) is 8.32. The Labute approximate surface area is 180 Å². The molecule has 0 fully saturated rings. The molecule has 6 heteroatoms. The van der Waals surface area contributed by atoms with E-state index < -0.39 is 0 Å². The molecule has 2 heterocycles. The van der Waals surface area contributed by atoms with Gasteiger partial charge in [-0.15, -0.1) is 10.2 Å². The Bertz CT molecular complexity index is 1190. The van der Waals surface area contributed by atoms with Crippen LogP contribution in [0.15, 0.2) is 72.1 Å². The molecule has 0 spiro atoms. The fourth-order valence-corrected chi connectivity index (χ4v) is 4.62. The molecule has 4 rings (SSSR count). The van der Waals surface area contributed by atoms with Gasteiger partial charge >= 0.3 is 0 Å². The minimum atomic E-state index is -0.290. The average molecular weight is 417 g/mol. The molecular formula is C24H24N4OS. The molecule has 2 aromatic carbocycles. The molecule has 0 aliphatic rings. The van der Waals surface area contributed by atoms with Crippen molar-refractivity contribution in [2.45, 2.75) is 38.1 Å². The van der Waals surface area contributed by atoms with Crippen LogP contribution in [-0.2, 0) is 0 Å². The topological polar surface area (TPSA) is 52.7 Å². The maximum Gasteiger partial charge on any atom is 0.196 e. The van der Waals surface area contributed by atoms with Crippen molar-refractivity contribution in [2.75, 3.05) is 0 Å². The van der Waals surface area contributed by atoms with Crippen molar-refractivity contribution < 1.29 is 4.79 Å². The van der Waals surface area contributed by atoms with Crippen LogP contribution < -0.4 is 0 Å². The van der Waals surface area contributed by atoms with E-state index in [4.69, 9.17) is 0 Å². The maximum absolute atomic E-state index is 13.3. The molecule has 0 amide bonds. The van der Waals surface area contributed by atoms with Gasteiger partial charge in [-0.25, -0.2) is 0 Å². The van der Waals surface area contributed by atoms with Gasteiger partial charge in [0.05, 0.1) is 10.9 Å². The van der Waals surface area contributed by atoms with Crippen molar-refractivity contribution in [1.29, 1.82) is 0 Å². The van der Waals surface area contributed by atoms with Crippen LogP contribution in [0.25, 0.3) is 11.4 Å². The number of aryl methyl sites for hydroxylation is 2. The van der Waals surface area contributed by atoms with Gasteiger partial charge in [0.15, 0.2) is 10.9 Å². The van der Waals surface area contributed by atoms with E-state index >= 15 is 0 Å². The molecular weight excluding hydrogens is 392 g/mol. The van der Waals surface area contributed by atoms with E-state index in [9.17, 15) is 4.79 Å². The second-order valence-electron chi connectivity index (χ2n) is 7.35. The number of Topliss-reactive ketones (excluding diaryl/α,β-unsaturated/α-hetero) is 1. The van der Waals surface area contributed by atoms with Crippen LogP contribution in [0.3, 0.4) is 0 Å². The molecule has 0 aliphatic heterocycles. The SMILES string of the molecule is Cc1ccccc1-n1cnnc1S[C@@H](C)C(=O)c1cc(C)n(-c2ccccc2)c1C. The van der Waals surface area contributed by atoms with Crippen LogP contribution in [0.1, 0.15) is 34.2 Å². The highest BCUT2D eigenvalue weighted by molar-refractivity contribution is 8.00. The molecule has 2 aromatic heterocycles. The zero-order valence-electron chi connectivity index (χ0n) is 17.5. The quantitative estimate of drug-likeness (QED) is 0.314. The number of rotatable bonds is 6. The summed E-state index contributed by atoms with van der Waals surface area (Å²) in [6.07, 6.45) is 1.70. The van der Waals surface area contributed by atoms with Gasteiger partial charge in [-0.1, -0.05) is 48.2 Å². The summed E-state index contributed by atoms with van der Waals surface area (Å²) >= 11 is 1.43. The molecule has 0 bridgehead atoms. The molecule has 0 N–H and O–H groups in total. The highest BCUT2D eigenvalue weighted by Crippen LogP contribution is 2.29. The van der Waals surface area contributed by atoms with Gasteiger partial charge in [-0.2, -0.15) is 0 Å². The Morgan fingerprint density at radius 2 is 1.70 bits per heavy atom. The molecule has 5 nitrogen and oxygen atoms in total. The zero-order chi connectivity index (χ0) is 21.3. The molecule has 4 aromatic rings. The van der Waals surface area contributed by atoms with Crippen LogP contribution in [0.5, 0.6) is 0 Å². The summed E-state index contributed by atoms with van der Waals surface area (Å²) in [7, 11) is 0. The first-order valence-electron chi connectivity index (χ1n) is 9.88. The van der Waals surface area contributed by atoms with Crippen LogP contribution in [-0.4, -0.2) is 30.4 Å². The number of hydrogen-bond donors (Lipinski definition) is 0. The Balaban J connectivity index is 1.61. The van der Waals surface area contributed by atoms with E-state index in [1.54, 1.807) is 6.33 Å². The number of hydrogen-bond acceptors (Lipinski definition) is 4. The fraction of sp³-hybridized carbons (Fsp3) is 0.208. The average Bonchev–Trinajstić information content (AvgIpc) is 3.32. The Morgan fingerprint density at radius 1 is 1.00 bits per heavy atom. The smallest absolute Gasteiger partial charge is 0.196 e. The largest absolute Gasteiger partial charge is 0.318 e. The highest BCUT2D eigenvalue weighted by atomic mass is 32.2. The van der Waals surface area contributed by atoms with Crippen molar-refractivity contribution in [3.05, 3.63) is 89.5 Å². The number of carbonyl (C=O) groups excluding carboxylic acids is 1. The zero-order valence-corrected chi connectivity index (χ0v) is 18.4. The molecule has 30 heavy (non-hydrogen) atoms. The summed E-state index contributed by atoms with van der Waals surface area (Å²) in [6.45, 7) is 8.01. The standard InChI is InChI=1S/C24H24N4OS/c1-16-10-8-9-13-22(16)27-15-25-26-24(27)30-19(4)23(29)21-14-17(2)28(18(21)3)20-11-6-5-7-12-20/h5-15,19H,1-4H3/t19-/m0/s1. The second-order valence-corrected chi connectivity index (χ2v) is 8.66. The highest BCUT2D eigenvalue weighted by Gasteiger charge is 2.24. The number of thioether (sulfide) groups is 1. The van der Waals surface area contributed by atoms with Gasteiger partial charge in [0.2, 0.25) is 0 Å². The first kappa shape index (κ1) is 20.2. The van der Waals surface area contributed by atoms with Gasteiger partial charge in [-0.3, -0.25) is 9.36 Å². The van der Waals surface area contributed by atoms with Crippen molar-refractivity contribution in [3.8, 4) is 11.4 Å². The summed E-state index contributed by atoms with van der Waals surface area (Å²) in [6, 6.07) is 20.2. The van der Waals surface area contributed by atoms with Crippen LogP contribution in [0.4, 0.5) is 0 Å². The van der Waals surface area contributed by atoms with Gasteiger partial charge in [0, 0.05) is 22.6 Å². The monoisotopic (exact) mass is 416 g/mol. The van der Waals surface area contributed by atoms with E-state index in [1.165, 1.54) is 11.8 Å². The Kier molecular flexibility index (Phi) is 5.59. The number of aromatic nitrogens is 4. The molecule has 152 valence electrons. The van der Waals surface area contributed by atoms with Crippen molar-refractivity contribution >= 4 is 17.5 Å². The number of nitrogens with zero attached hydrogens (tertiary/aromatic N) is 4. The van der Waals surface area contributed by atoms with Crippen LogP contribution in [0, 0.1) is 20.8 Å². The lowest BCUT2D eigenvalue weighted by Crippen LogP contribution is -2.15. The molecule has 1 atom stereocenters. The van der Waals surface area contributed by atoms with Gasteiger partial charge in [-0.05, 0) is 57.5 Å². The summed E-state index contributed by atoms with van der Waals surface area (Å²) in [5, 5.41) is 8.76. The number of para-hydroxylation sites is 2. The number of carbonyl (C=O) groups is 1. The van der Waals surface area contributed by atoms with E-state index in [-0.39, 0.29) is 11.0 Å². The number of ketones is 1. The molecule has 0 radical (unpaired) electrons. The van der Waals surface area contributed by atoms with Crippen molar-refractivity contribution in [3.63, 3.8) is 0 Å². The molecule has 0 aliphatic carbocycles. The van der Waals surface area contributed by atoms with E-state index in [0.717, 1.165) is 33.9 Å². The predicted molar refractivity (Wildman–Crippen MR) is 121 cm³/mol. The molecule has 0 saturated heterocycles. The molecule has 0 unspecified atom stereocenters. The number of benzene rings is 2. The minimum absolute atomic E-state index is 0.0922. The summed E-state index contributed by atoms with van der Waals surface area (Å²) in [5.74, 6) is 0.0922. The lowest BCUT2D eigenvalue weighted by Gasteiger charge is -2.13. The van der Waals surface area contributed by atoms with Gasteiger partial charge in [0.1, 0.15) is 6.33 Å². The van der Waals surface area contributed by atoms with Gasteiger partial charge < -0.3 is 4.57 Å². The van der Waals surface area contributed by atoms with E-state index in [1.807, 2.05) is 67.8 Å². The third-order valence-electron chi connectivity index (χ3n) is 5.25.